The van der Waals surface area contributed by atoms with E-state index in [1.165, 1.54) is 12.1 Å². The number of non-ortho nitro benzene ring substituents is 1. The molecule has 0 unspecified atom stereocenters. The fraction of sp³-hybridized carbons (Fsp3) is 0.588. The van der Waals surface area contributed by atoms with Gasteiger partial charge in [0.05, 0.1) is 11.5 Å². The Hall–Kier alpha value is -1.42. The molecule has 0 saturated heterocycles. The second-order valence-corrected chi connectivity index (χ2v) is 5.84. The lowest BCUT2D eigenvalue weighted by Crippen LogP contribution is -2.39. The highest BCUT2D eigenvalue weighted by molar-refractivity contribution is 14.0. The lowest BCUT2D eigenvalue weighted by atomic mass is 10.2. The van der Waals surface area contributed by atoms with Crippen LogP contribution in [0.5, 0.6) is 0 Å². The van der Waals surface area contributed by atoms with Crippen LogP contribution >= 0.6 is 24.0 Å². The number of hydrogen-bond donors (Lipinski definition) is 2. The molecule has 0 heterocycles. The van der Waals surface area contributed by atoms with Gasteiger partial charge < -0.3 is 15.4 Å². The van der Waals surface area contributed by atoms with Gasteiger partial charge in [-0.2, -0.15) is 0 Å². The summed E-state index contributed by atoms with van der Waals surface area (Å²) in [6.07, 6.45) is 0.910. The smallest absolute Gasteiger partial charge is 0.269 e. The molecule has 0 fully saturated rings. The minimum absolute atomic E-state index is 0. The molecule has 1 rings (SSSR count). The number of halogens is 1. The SMILES string of the molecule is CCOCCCNC(=NCc1ccc([N+](=O)[O-])cc1)NCC(C)C.I. The van der Waals surface area contributed by atoms with E-state index < -0.39 is 4.92 Å². The highest BCUT2D eigenvalue weighted by Crippen LogP contribution is 2.12. The highest BCUT2D eigenvalue weighted by Gasteiger charge is 2.04. The molecule has 0 amide bonds. The average molecular weight is 464 g/mol. The number of aliphatic imine (C=N–C) groups is 1. The molecule has 0 bridgehead atoms. The zero-order chi connectivity index (χ0) is 17.8. The third kappa shape index (κ3) is 10.9. The summed E-state index contributed by atoms with van der Waals surface area (Å²) in [4.78, 5) is 14.8. The van der Waals surface area contributed by atoms with E-state index in [4.69, 9.17) is 4.74 Å². The maximum atomic E-state index is 10.7. The van der Waals surface area contributed by atoms with E-state index in [-0.39, 0.29) is 29.7 Å². The number of nitrogens with one attached hydrogen (secondary N) is 2. The predicted molar refractivity (Wildman–Crippen MR) is 112 cm³/mol. The van der Waals surface area contributed by atoms with Crippen LogP contribution < -0.4 is 10.6 Å². The lowest BCUT2D eigenvalue weighted by molar-refractivity contribution is -0.384. The van der Waals surface area contributed by atoms with Crippen molar-refractivity contribution in [2.45, 2.75) is 33.7 Å². The van der Waals surface area contributed by atoms with Gasteiger partial charge in [-0.3, -0.25) is 10.1 Å². The van der Waals surface area contributed by atoms with Crippen molar-refractivity contribution in [3.63, 3.8) is 0 Å². The molecule has 0 saturated carbocycles. The van der Waals surface area contributed by atoms with Gasteiger partial charge in [0.2, 0.25) is 0 Å². The number of rotatable bonds is 10. The Morgan fingerprint density at radius 3 is 2.52 bits per heavy atom. The molecule has 25 heavy (non-hydrogen) atoms. The van der Waals surface area contributed by atoms with Crippen LogP contribution in [-0.4, -0.2) is 37.2 Å². The molecular weight excluding hydrogens is 435 g/mol. The van der Waals surface area contributed by atoms with Gasteiger partial charge in [0.25, 0.3) is 5.69 Å². The predicted octanol–water partition coefficient (Wildman–Crippen LogP) is 3.33. The third-order valence-electron chi connectivity index (χ3n) is 3.21. The fourth-order valence-corrected chi connectivity index (χ4v) is 1.89. The summed E-state index contributed by atoms with van der Waals surface area (Å²) >= 11 is 0. The maximum absolute atomic E-state index is 10.7. The molecule has 0 aliphatic rings. The largest absolute Gasteiger partial charge is 0.382 e. The second kappa shape index (κ2) is 13.8. The Morgan fingerprint density at radius 1 is 1.28 bits per heavy atom. The summed E-state index contributed by atoms with van der Waals surface area (Å²) in [6, 6.07) is 6.47. The Balaban J connectivity index is 0.00000576. The number of ether oxygens (including phenoxy) is 1. The first-order valence-electron chi connectivity index (χ1n) is 8.36. The number of nitrogens with zero attached hydrogens (tertiary/aromatic N) is 2. The van der Waals surface area contributed by atoms with Crippen LogP contribution in [0.25, 0.3) is 0 Å². The summed E-state index contributed by atoms with van der Waals surface area (Å²) in [5, 5.41) is 17.3. The minimum atomic E-state index is -0.400. The van der Waals surface area contributed by atoms with Gasteiger partial charge in [-0.05, 0) is 24.8 Å². The zero-order valence-corrected chi connectivity index (χ0v) is 17.5. The van der Waals surface area contributed by atoms with E-state index in [1.54, 1.807) is 12.1 Å². The van der Waals surface area contributed by atoms with Crippen LogP contribution in [-0.2, 0) is 11.3 Å². The molecule has 1 aromatic carbocycles. The van der Waals surface area contributed by atoms with Crippen LogP contribution in [0, 0.1) is 16.0 Å². The van der Waals surface area contributed by atoms with Gasteiger partial charge in [-0.25, -0.2) is 4.99 Å². The highest BCUT2D eigenvalue weighted by atomic mass is 127. The molecule has 8 heteroatoms. The molecule has 0 spiro atoms. The van der Waals surface area contributed by atoms with Gasteiger partial charge in [0.1, 0.15) is 0 Å². The molecular formula is C17H29IN4O3. The molecule has 0 atom stereocenters. The van der Waals surface area contributed by atoms with Crippen LogP contribution in [0.15, 0.2) is 29.3 Å². The monoisotopic (exact) mass is 464 g/mol. The Labute approximate surface area is 166 Å². The summed E-state index contributed by atoms with van der Waals surface area (Å²) in [7, 11) is 0. The second-order valence-electron chi connectivity index (χ2n) is 5.84. The number of benzene rings is 1. The summed E-state index contributed by atoms with van der Waals surface area (Å²) in [6.45, 7) is 9.79. The minimum Gasteiger partial charge on any atom is -0.382 e. The standard InChI is InChI=1S/C17H28N4O3.HI/c1-4-24-11-5-10-18-17(19-12-14(2)3)20-13-15-6-8-16(9-7-15)21(22)23;/h6-9,14H,4-5,10-13H2,1-3H3,(H2,18,19,20);1H. The Kier molecular flexibility index (Phi) is 13.0. The van der Waals surface area contributed by atoms with Gasteiger partial charge in [-0.1, -0.05) is 26.0 Å². The first-order valence-corrected chi connectivity index (χ1v) is 8.36. The van der Waals surface area contributed by atoms with Gasteiger partial charge in [-0.15, -0.1) is 24.0 Å². The van der Waals surface area contributed by atoms with Gasteiger partial charge in [0.15, 0.2) is 5.96 Å². The Morgan fingerprint density at radius 2 is 1.96 bits per heavy atom. The quantitative estimate of drug-likeness (QED) is 0.139. The lowest BCUT2D eigenvalue weighted by Gasteiger charge is -2.14. The normalized spacial score (nSPS) is 11.1. The summed E-state index contributed by atoms with van der Waals surface area (Å²) in [5.41, 5.74) is 1.02. The first kappa shape index (κ1) is 23.6. The van der Waals surface area contributed by atoms with E-state index in [0.29, 0.717) is 12.5 Å². The molecule has 0 aliphatic carbocycles. The van der Waals surface area contributed by atoms with E-state index in [2.05, 4.69) is 29.5 Å². The van der Waals surface area contributed by atoms with Crippen LogP contribution in [0.4, 0.5) is 5.69 Å². The fourth-order valence-electron chi connectivity index (χ4n) is 1.89. The maximum Gasteiger partial charge on any atom is 0.269 e. The van der Waals surface area contributed by atoms with Crippen molar-refractivity contribution in [1.29, 1.82) is 0 Å². The van der Waals surface area contributed by atoms with Crippen LogP contribution in [0.2, 0.25) is 0 Å². The number of hydrogen-bond acceptors (Lipinski definition) is 4. The van der Waals surface area contributed by atoms with Gasteiger partial charge >= 0.3 is 0 Å². The van der Waals surface area contributed by atoms with Crippen molar-refractivity contribution < 1.29 is 9.66 Å². The van der Waals surface area contributed by atoms with Crippen molar-refractivity contribution in [2.24, 2.45) is 10.9 Å². The molecule has 1 aromatic rings. The van der Waals surface area contributed by atoms with Crippen molar-refractivity contribution in [3.8, 4) is 0 Å². The average Bonchev–Trinajstić information content (AvgIpc) is 2.56. The van der Waals surface area contributed by atoms with Crippen molar-refractivity contribution in [1.82, 2.24) is 10.6 Å². The zero-order valence-electron chi connectivity index (χ0n) is 15.2. The topological polar surface area (TPSA) is 88.8 Å². The molecule has 0 radical (unpaired) electrons. The molecule has 7 nitrogen and oxygen atoms in total. The van der Waals surface area contributed by atoms with E-state index in [0.717, 1.165) is 44.2 Å². The van der Waals surface area contributed by atoms with E-state index >= 15 is 0 Å². The van der Waals surface area contributed by atoms with E-state index in [1.807, 2.05) is 6.92 Å². The van der Waals surface area contributed by atoms with Crippen molar-refractivity contribution in [3.05, 3.63) is 39.9 Å². The molecule has 2 N–H and O–H groups in total. The number of nitro benzene ring substituents is 1. The van der Waals surface area contributed by atoms with Gasteiger partial charge in [0, 0.05) is 38.4 Å². The van der Waals surface area contributed by atoms with E-state index in [9.17, 15) is 10.1 Å². The van der Waals surface area contributed by atoms with Crippen molar-refractivity contribution in [2.75, 3.05) is 26.3 Å². The summed E-state index contributed by atoms with van der Waals surface area (Å²) in [5.74, 6) is 1.26. The van der Waals surface area contributed by atoms with Crippen LogP contribution in [0.3, 0.4) is 0 Å². The van der Waals surface area contributed by atoms with Crippen LogP contribution in [0.1, 0.15) is 32.8 Å². The molecule has 142 valence electrons. The Bertz CT molecular complexity index is 521. The third-order valence-corrected chi connectivity index (χ3v) is 3.21. The first-order chi connectivity index (χ1) is 11.5. The number of guanidine groups is 1. The molecule has 0 aliphatic heterocycles. The van der Waals surface area contributed by atoms with Crippen molar-refractivity contribution >= 4 is 35.6 Å². The summed E-state index contributed by atoms with van der Waals surface area (Å²) < 4.78 is 5.32. The molecule has 0 aromatic heterocycles. The number of nitro groups is 1.